The lowest BCUT2D eigenvalue weighted by Crippen LogP contribution is -2.29. The van der Waals surface area contributed by atoms with Crippen LogP contribution >= 0.6 is 0 Å². The molecule has 1 atom stereocenters. The van der Waals surface area contributed by atoms with Crippen molar-refractivity contribution < 1.29 is 9.84 Å². The Balaban J connectivity index is 2.16. The molecule has 0 radical (unpaired) electrons. The first kappa shape index (κ1) is 10.2. The fourth-order valence-corrected chi connectivity index (χ4v) is 1.83. The molecule has 0 bridgehead atoms. The maximum Gasteiger partial charge on any atom is 0.214 e. The van der Waals surface area contributed by atoms with Gasteiger partial charge in [0.15, 0.2) is 0 Å². The van der Waals surface area contributed by atoms with Crippen molar-refractivity contribution in [1.82, 2.24) is 4.98 Å². The van der Waals surface area contributed by atoms with Gasteiger partial charge in [0.25, 0.3) is 0 Å². The van der Waals surface area contributed by atoms with Gasteiger partial charge in [-0.15, -0.1) is 0 Å². The van der Waals surface area contributed by atoms with E-state index in [-0.39, 0.29) is 0 Å². The molecule has 15 heavy (non-hydrogen) atoms. The summed E-state index contributed by atoms with van der Waals surface area (Å²) in [5.74, 6) is 1.48. The highest BCUT2D eigenvalue weighted by molar-refractivity contribution is 5.42. The monoisotopic (exact) mass is 208 g/mol. The molecule has 0 aliphatic carbocycles. The molecule has 0 amide bonds. The molecule has 1 N–H and O–H groups in total. The molecule has 1 aromatic heterocycles. The molecule has 2 rings (SSSR count). The maximum atomic E-state index is 9.85. The van der Waals surface area contributed by atoms with E-state index >= 15 is 0 Å². The number of pyridine rings is 1. The summed E-state index contributed by atoms with van der Waals surface area (Å²) in [5.41, 5.74) is -0.593. The molecular formula is C11H16N2O2. The number of anilines is 1. The van der Waals surface area contributed by atoms with Gasteiger partial charge in [0, 0.05) is 19.2 Å². The third-order valence-corrected chi connectivity index (χ3v) is 2.69. The van der Waals surface area contributed by atoms with Gasteiger partial charge in [-0.25, -0.2) is 0 Å². The summed E-state index contributed by atoms with van der Waals surface area (Å²) in [6, 6.07) is 5.66. The van der Waals surface area contributed by atoms with Crippen LogP contribution in [-0.2, 0) is 0 Å². The standard InChI is InChI=1S/C11H16N2O2/c1-11(14)6-7-13(8-11)9-4-3-5-10(12-9)15-2/h3-5,14H,6-8H2,1-2H3. The zero-order valence-corrected chi connectivity index (χ0v) is 9.10. The van der Waals surface area contributed by atoms with Crippen molar-refractivity contribution >= 4 is 5.82 Å². The summed E-state index contributed by atoms with van der Waals surface area (Å²) in [4.78, 5) is 6.40. The Morgan fingerprint density at radius 3 is 2.93 bits per heavy atom. The Bertz CT molecular complexity index is 352. The number of methoxy groups -OCH3 is 1. The molecule has 0 saturated carbocycles. The molecule has 1 aromatic rings. The topological polar surface area (TPSA) is 45.6 Å². The first-order chi connectivity index (χ1) is 7.11. The Hall–Kier alpha value is -1.29. The summed E-state index contributed by atoms with van der Waals surface area (Å²) >= 11 is 0. The molecule has 1 aliphatic heterocycles. The summed E-state index contributed by atoms with van der Waals surface area (Å²) in [6.45, 7) is 3.33. The van der Waals surface area contributed by atoms with E-state index in [1.807, 2.05) is 25.1 Å². The van der Waals surface area contributed by atoms with Crippen LogP contribution in [-0.4, -0.2) is 35.9 Å². The highest BCUT2D eigenvalue weighted by Gasteiger charge is 2.31. The number of hydrogen-bond acceptors (Lipinski definition) is 4. The number of rotatable bonds is 2. The van der Waals surface area contributed by atoms with Gasteiger partial charge < -0.3 is 14.7 Å². The van der Waals surface area contributed by atoms with E-state index in [1.54, 1.807) is 7.11 Å². The lowest BCUT2D eigenvalue weighted by Gasteiger charge is -2.19. The fraction of sp³-hybridized carbons (Fsp3) is 0.545. The highest BCUT2D eigenvalue weighted by Crippen LogP contribution is 2.25. The number of β-amino-alcohol motifs (C(OH)–C–C–N with tert-alkyl or cyclic N) is 1. The van der Waals surface area contributed by atoms with Crippen molar-refractivity contribution in [3.8, 4) is 5.88 Å². The van der Waals surface area contributed by atoms with Gasteiger partial charge in [0.2, 0.25) is 5.88 Å². The second kappa shape index (κ2) is 3.70. The van der Waals surface area contributed by atoms with Crippen molar-refractivity contribution in [2.75, 3.05) is 25.1 Å². The van der Waals surface area contributed by atoms with Crippen LogP contribution in [0, 0.1) is 0 Å². The number of nitrogens with zero attached hydrogens (tertiary/aromatic N) is 2. The van der Waals surface area contributed by atoms with Gasteiger partial charge in [0.1, 0.15) is 5.82 Å². The van der Waals surface area contributed by atoms with E-state index in [2.05, 4.69) is 9.88 Å². The van der Waals surface area contributed by atoms with E-state index in [1.165, 1.54) is 0 Å². The molecule has 1 unspecified atom stereocenters. The Morgan fingerprint density at radius 2 is 2.33 bits per heavy atom. The quantitative estimate of drug-likeness (QED) is 0.789. The third-order valence-electron chi connectivity index (χ3n) is 2.69. The predicted molar refractivity (Wildman–Crippen MR) is 58.2 cm³/mol. The summed E-state index contributed by atoms with van der Waals surface area (Å²) < 4.78 is 5.07. The average Bonchev–Trinajstić information content (AvgIpc) is 2.59. The van der Waals surface area contributed by atoms with E-state index in [0.717, 1.165) is 18.8 Å². The normalized spacial score (nSPS) is 25.7. The van der Waals surface area contributed by atoms with Crippen molar-refractivity contribution in [2.24, 2.45) is 0 Å². The van der Waals surface area contributed by atoms with Crippen molar-refractivity contribution in [3.63, 3.8) is 0 Å². The smallest absolute Gasteiger partial charge is 0.214 e. The first-order valence-electron chi connectivity index (χ1n) is 5.09. The van der Waals surface area contributed by atoms with Crippen LogP contribution in [0.5, 0.6) is 5.88 Å². The lowest BCUT2D eigenvalue weighted by molar-refractivity contribution is 0.0839. The molecular weight excluding hydrogens is 192 g/mol. The van der Waals surface area contributed by atoms with Crippen LogP contribution < -0.4 is 9.64 Å². The number of hydrogen-bond donors (Lipinski definition) is 1. The highest BCUT2D eigenvalue weighted by atomic mass is 16.5. The lowest BCUT2D eigenvalue weighted by atomic mass is 10.1. The fourth-order valence-electron chi connectivity index (χ4n) is 1.83. The van der Waals surface area contributed by atoms with Crippen molar-refractivity contribution in [3.05, 3.63) is 18.2 Å². The van der Waals surface area contributed by atoms with E-state index < -0.39 is 5.60 Å². The Kier molecular flexibility index (Phi) is 2.52. The second-order valence-electron chi connectivity index (χ2n) is 4.21. The maximum absolute atomic E-state index is 9.85. The van der Waals surface area contributed by atoms with E-state index in [4.69, 9.17) is 4.74 Å². The molecule has 1 fully saturated rings. The first-order valence-corrected chi connectivity index (χ1v) is 5.09. The number of aromatic nitrogens is 1. The van der Waals surface area contributed by atoms with Crippen LogP contribution in [0.2, 0.25) is 0 Å². The van der Waals surface area contributed by atoms with Gasteiger partial charge >= 0.3 is 0 Å². The summed E-state index contributed by atoms with van der Waals surface area (Å²) in [7, 11) is 1.60. The summed E-state index contributed by atoms with van der Waals surface area (Å²) in [6.07, 6.45) is 0.784. The molecule has 0 aromatic carbocycles. The van der Waals surface area contributed by atoms with Gasteiger partial charge in [0.05, 0.1) is 12.7 Å². The van der Waals surface area contributed by atoms with Crippen LogP contribution in [0.15, 0.2) is 18.2 Å². The van der Waals surface area contributed by atoms with Crippen LogP contribution in [0.25, 0.3) is 0 Å². The SMILES string of the molecule is COc1cccc(N2CCC(C)(O)C2)n1. The third kappa shape index (κ3) is 2.21. The van der Waals surface area contributed by atoms with Gasteiger partial charge in [-0.05, 0) is 19.4 Å². The van der Waals surface area contributed by atoms with Crippen molar-refractivity contribution in [2.45, 2.75) is 18.9 Å². The molecule has 1 saturated heterocycles. The molecule has 2 heterocycles. The largest absolute Gasteiger partial charge is 0.481 e. The van der Waals surface area contributed by atoms with Crippen LogP contribution in [0.3, 0.4) is 0 Å². The minimum Gasteiger partial charge on any atom is -0.481 e. The average molecular weight is 208 g/mol. The second-order valence-corrected chi connectivity index (χ2v) is 4.21. The molecule has 1 aliphatic rings. The van der Waals surface area contributed by atoms with E-state index in [9.17, 15) is 5.11 Å². The molecule has 4 heteroatoms. The Morgan fingerprint density at radius 1 is 1.53 bits per heavy atom. The molecule has 0 spiro atoms. The minimum absolute atomic E-state index is 0.593. The summed E-state index contributed by atoms with van der Waals surface area (Å²) in [5, 5.41) is 9.85. The predicted octanol–water partition coefficient (Wildman–Crippen LogP) is 1.05. The zero-order valence-electron chi connectivity index (χ0n) is 9.10. The van der Waals surface area contributed by atoms with Crippen molar-refractivity contribution in [1.29, 1.82) is 0 Å². The van der Waals surface area contributed by atoms with Gasteiger partial charge in [-0.1, -0.05) is 6.07 Å². The number of ether oxygens (including phenoxy) is 1. The van der Waals surface area contributed by atoms with Gasteiger partial charge in [-0.2, -0.15) is 4.98 Å². The zero-order chi connectivity index (χ0) is 10.9. The van der Waals surface area contributed by atoms with Crippen LogP contribution in [0.1, 0.15) is 13.3 Å². The Labute approximate surface area is 89.5 Å². The van der Waals surface area contributed by atoms with Crippen LogP contribution in [0.4, 0.5) is 5.82 Å². The number of aliphatic hydroxyl groups is 1. The minimum atomic E-state index is -0.593. The molecule has 4 nitrogen and oxygen atoms in total. The van der Waals surface area contributed by atoms with Gasteiger partial charge in [-0.3, -0.25) is 0 Å². The molecule has 82 valence electrons. The van der Waals surface area contributed by atoms with E-state index in [0.29, 0.717) is 12.4 Å².